The first-order valence-corrected chi connectivity index (χ1v) is 7.29. The molecular weight excluding hydrogens is 268 g/mol. The van der Waals surface area contributed by atoms with E-state index in [0.29, 0.717) is 0 Å². The molecule has 1 unspecified atom stereocenters. The van der Waals surface area contributed by atoms with Crippen LogP contribution in [-0.2, 0) is 4.79 Å². The Bertz CT molecular complexity index is 460. The lowest BCUT2D eigenvalue weighted by Crippen LogP contribution is -2.46. The van der Waals surface area contributed by atoms with Crippen LogP contribution in [0.1, 0.15) is 45.2 Å². The first-order valence-electron chi connectivity index (χ1n) is 7.29. The number of nitrogens with one attached hydrogen (secondary N) is 1. The Morgan fingerprint density at radius 1 is 1.24 bits per heavy atom. The minimum atomic E-state index is -0.899. The molecule has 0 fully saturated rings. The summed E-state index contributed by atoms with van der Waals surface area (Å²) >= 11 is 0. The van der Waals surface area contributed by atoms with Crippen LogP contribution in [0.15, 0.2) is 30.3 Å². The van der Waals surface area contributed by atoms with Gasteiger partial charge in [-0.2, -0.15) is 0 Å². The minimum absolute atomic E-state index is 0.0439. The second-order valence-corrected chi connectivity index (χ2v) is 5.25. The molecule has 21 heavy (non-hydrogen) atoms. The molecule has 2 amide bonds. The van der Waals surface area contributed by atoms with Crippen molar-refractivity contribution < 1.29 is 14.7 Å². The van der Waals surface area contributed by atoms with Crippen molar-refractivity contribution in [2.75, 3.05) is 6.54 Å². The fraction of sp³-hybridized carbons (Fsp3) is 0.500. The predicted octanol–water partition coefficient (Wildman–Crippen LogP) is 3.03. The molecular formula is C16H24N2O3. The topological polar surface area (TPSA) is 69.6 Å². The lowest BCUT2D eigenvalue weighted by atomic mass is 10.1. The van der Waals surface area contributed by atoms with Gasteiger partial charge in [0.05, 0.1) is 12.5 Å². The molecule has 1 aromatic carbocycles. The highest BCUT2D eigenvalue weighted by Crippen LogP contribution is 2.16. The van der Waals surface area contributed by atoms with E-state index in [2.05, 4.69) is 5.32 Å². The molecule has 0 saturated carbocycles. The molecule has 0 radical (unpaired) electrons. The van der Waals surface area contributed by atoms with Gasteiger partial charge in [-0.05, 0) is 25.8 Å². The summed E-state index contributed by atoms with van der Waals surface area (Å²) in [6, 6.07) is 9.44. The molecule has 1 aromatic rings. The summed E-state index contributed by atoms with van der Waals surface area (Å²) in [4.78, 5) is 24.6. The number of hydrogen-bond donors (Lipinski definition) is 2. The van der Waals surface area contributed by atoms with Crippen LogP contribution in [0.5, 0.6) is 0 Å². The highest BCUT2D eigenvalue weighted by atomic mass is 16.4. The van der Waals surface area contributed by atoms with E-state index >= 15 is 0 Å². The van der Waals surface area contributed by atoms with Gasteiger partial charge in [0.2, 0.25) is 0 Å². The van der Waals surface area contributed by atoms with Crippen LogP contribution in [0, 0.1) is 0 Å². The van der Waals surface area contributed by atoms with Gasteiger partial charge in [-0.15, -0.1) is 0 Å². The minimum Gasteiger partial charge on any atom is -0.481 e. The Morgan fingerprint density at radius 2 is 1.86 bits per heavy atom. The van der Waals surface area contributed by atoms with Crippen molar-refractivity contribution >= 4 is 12.0 Å². The Labute approximate surface area is 126 Å². The molecule has 1 atom stereocenters. The van der Waals surface area contributed by atoms with Gasteiger partial charge in [0.25, 0.3) is 0 Å². The third-order valence-corrected chi connectivity index (χ3v) is 3.36. The molecule has 116 valence electrons. The van der Waals surface area contributed by atoms with Gasteiger partial charge in [-0.1, -0.05) is 37.3 Å². The molecule has 0 aromatic heterocycles. The number of urea groups is 1. The molecule has 0 heterocycles. The number of carboxylic acid groups (broad SMARTS) is 1. The highest BCUT2D eigenvalue weighted by Gasteiger charge is 2.21. The van der Waals surface area contributed by atoms with E-state index in [1.807, 2.05) is 51.1 Å². The monoisotopic (exact) mass is 292 g/mol. The third-order valence-electron chi connectivity index (χ3n) is 3.36. The number of aliphatic carboxylic acids is 1. The zero-order valence-corrected chi connectivity index (χ0v) is 12.9. The summed E-state index contributed by atoms with van der Waals surface area (Å²) in [5.74, 6) is -0.899. The van der Waals surface area contributed by atoms with E-state index in [1.165, 1.54) is 0 Å². The maximum absolute atomic E-state index is 12.4. The summed E-state index contributed by atoms with van der Waals surface area (Å²) in [6.07, 6.45) is 0.731. The average Bonchev–Trinajstić information content (AvgIpc) is 2.45. The molecule has 5 heteroatoms. The van der Waals surface area contributed by atoms with Crippen LogP contribution in [-0.4, -0.2) is 34.6 Å². The molecule has 0 aliphatic rings. The Hall–Kier alpha value is -2.04. The quantitative estimate of drug-likeness (QED) is 0.811. The van der Waals surface area contributed by atoms with Crippen LogP contribution >= 0.6 is 0 Å². The second kappa shape index (κ2) is 8.29. The van der Waals surface area contributed by atoms with Crippen LogP contribution < -0.4 is 5.32 Å². The largest absolute Gasteiger partial charge is 0.481 e. The standard InChI is InChI=1S/C16H24N2O3/c1-4-14(13-8-6-5-7-9-13)17-16(21)18(12(2)3)11-10-15(19)20/h5-9,12,14H,4,10-11H2,1-3H3,(H,17,21)(H,19,20). The lowest BCUT2D eigenvalue weighted by molar-refractivity contribution is -0.137. The highest BCUT2D eigenvalue weighted by molar-refractivity contribution is 5.76. The summed E-state index contributed by atoms with van der Waals surface area (Å²) in [6.45, 7) is 5.98. The molecule has 0 spiro atoms. The van der Waals surface area contributed by atoms with Gasteiger partial charge in [0.15, 0.2) is 0 Å². The molecule has 5 nitrogen and oxygen atoms in total. The van der Waals surface area contributed by atoms with Gasteiger partial charge >= 0.3 is 12.0 Å². The van der Waals surface area contributed by atoms with E-state index in [0.717, 1.165) is 12.0 Å². The molecule has 0 bridgehead atoms. The number of nitrogens with zero attached hydrogens (tertiary/aromatic N) is 1. The first-order chi connectivity index (χ1) is 9.95. The Morgan fingerprint density at radius 3 is 2.33 bits per heavy atom. The lowest BCUT2D eigenvalue weighted by Gasteiger charge is -2.29. The van der Waals surface area contributed by atoms with Crippen LogP contribution in [0.4, 0.5) is 4.79 Å². The Balaban J connectivity index is 2.72. The van der Waals surface area contributed by atoms with E-state index < -0.39 is 5.97 Å². The van der Waals surface area contributed by atoms with Crippen molar-refractivity contribution in [1.82, 2.24) is 10.2 Å². The van der Waals surface area contributed by atoms with Crippen molar-refractivity contribution in [3.05, 3.63) is 35.9 Å². The summed E-state index contributed by atoms with van der Waals surface area (Å²) in [7, 11) is 0. The molecule has 1 rings (SSSR count). The number of carbonyl (C=O) groups is 2. The molecule has 0 aliphatic carbocycles. The van der Waals surface area contributed by atoms with E-state index in [1.54, 1.807) is 4.90 Å². The fourth-order valence-electron chi connectivity index (χ4n) is 2.15. The first kappa shape index (κ1) is 17.0. The molecule has 0 aliphatic heterocycles. The van der Waals surface area contributed by atoms with Crippen LogP contribution in [0.25, 0.3) is 0 Å². The van der Waals surface area contributed by atoms with E-state index in [-0.39, 0.29) is 31.1 Å². The van der Waals surface area contributed by atoms with Gasteiger partial charge < -0.3 is 15.3 Å². The number of amides is 2. The van der Waals surface area contributed by atoms with Gasteiger partial charge in [-0.25, -0.2) is 4.79 Å². The SMILES string of the molecule is CCC(NC(=O)N(CCC(=O)O)C(C)C)c1ccccc1. The van der Waals surface area contributed by atoms with Gasteiger partial charge in [0, 0.05) is 12.6 Å². The number of rotatable bonds is 7. The van der Waals surface area contributed by atoms with Crippen molar-refractivity contribution in [3.8, 4) is 0 Å². The fourth-order valence-corrected chi connectivity index (χ4v) is 2.15. The second-order valence-electron chi connectivity index (χ2n) is 5.25. The zero-order chi connectivity index (χ0) is 15.8. The summed E-state index contributed by atoms with van der Waals surface area (Å²) < 4.78 is 0. The normalized spacial score (nSPS) is 12.0. The van der Waals surface area contributed by atoms with E-state index in [4.69, 9.17) is 5.11 Å². The van der Waals surface area contributed by atoms with E-state index in [9.17, 15) is 9.59 Å². The molecule has 0 saturated heterocycles. The maximum atomic E-state index is 12.4. The summed E-state index contributed by atoms with van der Waals surface area (Å²) in [5, 5.41) is 11.8. The third kappa shape index (κ3) is 5.45. The smallest absolute Gasteiger partial charge is 0.318 e. The van der Waals surface area contributed by atoms with Gasteiger partial charge in [-0.3, -0.25) is 4.79 Å². The van der Waals surface area contributed by atoms with Crippen molar-refractivity contribution in [3.63, 3.8) is 0 Å². The number of carbonyl (C=O) groups excluding carboxylic acids is 1. The summed E-state index contributed by atoms with van der Waals surface area (Å²) in [5.41, 5.74) is 1.05. The van der Waals surface area contributed by atoms with Crippen LogP contribution in [0.3, 0.4) is 0 Å². The number of benzene rings is 1. The zero-order valence-electron chi connectivity index (χ0n) is 12.9. The Kier molecular flexibility index (Phi) is 6.72. The number of carboxylic acids is 1. The van der Waals surface area contributed by atoms with Crippen molar-refractivity contribution in [2.45, 2.75) is 45.7 Å². The van der Waals surface area contributed by atoms with Crippen molar-refractivity contribution in [1.29, 1.82) is 0 Å². The average molecular weight is 292 g/mol. The van der Waals surface area contributed by atoms with Gasteiger partial charge in [0.1, 0.15) is 0 Å². The maximum Gasteiger partial charge on any atom is 0.318 e. The van der Waals surface area contributed by atoms with Crippen LogP contribution in [0.2, 0.25) is 0 Å². The van der Waals surface area contributed by atoms with Crippen molar-refractivity contribution in [2.24, 2.45) is 0 Å². The number of hydrogen-bond acceptors (Lipinski definition) is 2. The predicted molar refractivity (Wildman–Crippen MR) is 82.1 cm³/mol. The molecule has 2 N–H and O–H groups in total.